The van der Waals surface area contributed by atoms with Gasteiger partial charge in [0.25, 0.3) is 0 Å². The molecule has 0 aliphatic heterocycles. The van der Waals surface area contributed by atoms with Crippen LogP contribution in [0.1, 0.15) is 12.1 Å². The van der Waals surface area contributed by atoms with E-state index >= 15 is 0 Å². The standard InChI is InChI=1S/C11H13N3/c12-7-1-4-10-6-5-9-3-2-8-13-11(9)14-10/h2-3,5-6,8H,1,4,7,12H2. The maximum atomic E-state index is 5.45. The largest absolute Gasteiger partial charge is 0.330 e. The van der Waals surface area contributed by atoms with E-state index in [0.29, 0.717) is 6.54 Å². The highest BCUT2D eigenvalue weighted by atomic mass is 14.8. The number of nitrogens with two attached hydrogens (primary N) is 1. The molecule has 2 rings (SSSR count). The first-order valence-corrected chi connectivity index (χ1v) is 4.81. The van der Waals surface area contributed by atoms with Crippen LogP contribution < -0.4 is 5.73 Å². The molecule has 14 heavy (non-hydrogen) atoms. The molecule has 0 fully saturated rings. The van der Waals surface area contributed by atoms with Crippen molar-refractivity contribution in [3.8, 4) is 0 Å². The number of aromatic nitrogens is 2. The highest BCUT2D eigenvalue weighted by Crippen LogP contribution is 2.09. The zero-order chi connectivity index (χ0) is 9.80. The number of rotatable bonds is 3. The molecule has 0 saturated heterocycles. The van der Waals surface area contributed by atoms with Gasteiger partial charge in [0.05, 0.1) is 0 Å². The molecule has 0 aliphatic carbocycles. The molecule has 2 N–H and O–H groups in total. The van der Waals surface area contributed by atoms with Crippen LogP contribution in [0.3, 0.4) is 0 Å². The van der Waals surface area contributed by atoms with Crippen molar-refractivity contribution in [2.45, 2.75) is 12.8 Å². The van der Waals surface area contributed by atoms with Gasteiger partial charge in [-0.2, -0.15) is 0 Å². The predicted octanol–water partition coefficient (Wildman–Crippen LogP) is 1.52. The van der Waals surface area contributed by atoms with Crippen LogP contribution in [-0.4, -0.2) is 16.5 Å². The van der Waals surface area contributed by atoms with Crippen molar-refractivity contribution in [2.24, 2.45) is 5.73 Å². The Morgan fingerprint density at radius 1 is 1.21 bits per heavy atom. The van der Waals surface area contributed by atoms with E-state index < -0.39 is 0 Å². The van der Waals surface area contributed by atoms with Crippen molar-refractivity contribution in [1.82, 2.24) is 9.97 Å². The Hall–Kier alpha value is -1.48. The summed E-state index contributed by atoms with van der Waals surface area (Å²) >= 11 is 0. The Morgan fingerprint density at radius 2 is 2.14 bits per heavy atom. The van der Waals surface area contributed by atoms with Crippen LogP contribution in [0.25, 0.3) is 11.0 Å². The number of fused-ring (bicyclic) bond motifs is 1. The second-order valence-electron chi connectivity index (χ2n) is 3.24. The summed E-state index contributed by atoms with van der Waals surface area (Å²) in [5.41, 5.74) is 7.34. The average Bonchev–Trinajstić information content (AvgIpc) is 2.26. The topological polar surface area (TPSA) is 51.8 Å². The quantitative estimate of drug-likeness (QED) is 0.792. The zero-order valence-electron chi connectivity index (χ0n) is 7.98. The zero-order valence-corrected chi connectivity index (χ0v) is 7.98. The second kappa shape index (κ2) is 4.15. The molecule has 3 nitrogen and oxygen atoms in total. The molecule has 3 heteroatoms. The van der Waals surface area contributed by atoms with Gasteiger partial charge in [0.1, 0.15) is 0 Å². The smallest absolute Gasteiger partial charge is 0.159 e. The van der Waals surface area contributed by atoms with Gasteiger partial charge in [-0.05, 0) is 43.7 Å². The lowest BCUT2D eigenvalue weighted by Crippen LogP contribution is -2.01. The fraction of sp³-hybridized carbons (Fsp3) is 0.273. The third kappa shape index (κ3) is 1.88. The molecule has 2 aromatic rings. The van der Waals surface area contributed by atoms with Crippen LogP contribution in [0, 0.1) is 0 Å². The Labute approximate surface area is 83.0 Å². The van der Waals surface area contributed by atoms with E-state index in [0.717, 1.165) is 29.6 Å². The molecule has 0 bridgehead atoms. The summed E-state index contributed by atoms with van der Waals surface area (Å²) in [5.74, 6) is 0. The molecule has 2 heterocycles. The molecule has 0 amide bonds. The van der Waals surface area contributed by atoms with Crippen molar-refractivity contribution in [3.63, 3.8) is 0 Å². The minimum Gasteiger partial charge on any atom is -0.330 e. The number of pyridine rings is 2. The molecule has 2 aromatic heterocycles. The van der Waals surface area contributed by atoms with Gasteiger partial charge in [-0.25, -0.2) is 9.97 Å². The molecule has 0 radical (unpaired) electrons. The summed E-state index contributed by atoms with van der Waals surface area (Å²) in [7, 11) is 0. The van der Waals surface area contributed by atoms with Crippen LogP contribution >= 0.6 is 0 Å². The summed E-state index contributed by atoms with van der Waals surface area (Å²) in [5, 5.41) is 1.09. The molecular formula is C11H13N3. The SMILES string of the molecule is NCCCc1ccc2cccnc2n1. The van der Waals surface area contributed by atoms with E-state index in [2.05, 4.69) is 16.0 Å². The van der Waals surface area contributed by atoms with Gasteiger partial charge in [0.2, 0.25) is 0 Å². The van der Waals surface area contributed by atoms with Gasteiger partial charge in [-0.3, -0.25) is 0 Å². The third-order valence-corrected chi connectivity index (χ3v) is 2.16. The molecular weight excluding hydrogens is 174 g/mol. The van der Waals surface area contributed by atoms with Gasteiger partial charge in [-0.1, -0.05) is 0 Å². The van der Waals surface area contributed by atoms with E-state index in [1.807, 2.05) is 18.2 Å². The summed E-state index contributed by atoms with van der Waals surface area (Å²) in [4.78, 5) is 8.65. The maximum absolute atomic E-state index is 5.45. The summed E-state index contributed by atoms with van der Waals surface area (Å²) < 4.78 is 0. The van der Waals surface area contributed by atoms with Crippen molar-refractivity contribution in [1.29, 1.82) is 0 Å². The first kappa shape index (κ1) is 9.09. The minimum absolute atomic E-state index is 0.710. The predicted molar refractivity (Wildman–Crippen MR) is 56.9 cm³/mol. The Bertz CT molecular complexity index is 426. The molecule has 0 atom stereocenters. The van der Waals surface area contributed by atoms with Gasteiger partial charge in [0.15, 0.2) is 5.65 Å². The third-order valence-electron chi connectivity index (χ3n) is 2.16. The van der Waals surface area contributed by atoms with E-state index in [9.17, 15) is 0 Å². The van der Waals surface area contributed by atoms with Gasteiger partial charge in [0, 0.05) is 17.3 Å². The van der Waals surface area contributed by atoms with E-state index in [-0.39, 0.29) is 0 Å². The molecule has 0 aromatic carbocycles. The van der Waals surface area contributed by atoms with Crippen molar-refractivity contribution in [2.75, 3.05) is 6.54 Å². The number of hydrogen-bond acceptors (Lipinski definition) is 3. The fourth-order valence-corrected chi connectivity index (χ4v) is 1.41. The molecule has 0 saturated carbocycles. The Morgan fingerprint density at radius 3 is 3.00 bits per heavy atom. The van der Waals surface area contributed by atoms with Crippen LogP contribution in [0.5, 0.6) is 0 Å². The lowest BCUT2D eigenvalue weighted by Gasteiger charge is -2.00. The number of hydrogen-bond donors (Lipinski definition) is 1. The van der Waals surface area contributed by atoms with Crippen molar-refractivity contribution >= 4 is 11.0 Å². The monoisotopic (exact) mass is 187 g/mol. The molecule has 0 aliphatic rings. The van der Waals surface area contributed by atoms with E-state index in [1.54, 1.807) is 6.20 Å². The van der Waals surface area contributed by atoms with Crippen LogP contribution in [0.4, 0.5) is 0 Å². The minimum atomic E-state index is 0.710. The van der Waals surface area contributed by atoms with Gasteiger partial charge < -0.3 is 5.73 Å². The fourth-order valence-electron chi connectivity index (χ4n) is 1.41. The lowest BCUT2D eigenvalue weighted by molar-refractivity contribution is 0.813. The maximum Gasteiger partial charge on any atom is 0.159 e. The first-order valence-electron chi connectivity index (χ1n) is 4.81. The summed E-state index contributed by atoms with van der Waals surface area (Å²) in [6.45, 7) is 0.710. The highest BCUT2D eigenvalue weighted by molar-refractivity contribution is 5.74. The van der Waals surface area contributed by atoms with Crippen molar-refractivity contribution < 1.29 is 0 Å². The first-order chi connectivity index (χ1) is 6.90. The van der Waals surface area contributed by atoms with E-state index in [4.69, 9.17) is 5.73 Å². The van der Waals surface area contributed by atoms with Gasteiger partial charge in [-0.15, -0.1) is 0 Å². The van der Waals surface area contributed by atoms with Gasteiger partial charge >= 0.3 is 0 Å². The Balaban J connectivity index is 2.32. The normalized spacial score (nSPS) is 10.6. The summed E-state index contributed by atoms with van der Waals surface area (Å²) in [6.07, 6.45) is 3.68. The Kier molecular flexibility index (Phi) is 2.70. The van der Waals surface area contributed by atoms with Crippen LogP contribution in [0.15, 0.2) is 30.5 Å². The van der Waals surface area contributed by atoms with Crippen molar-refractivity contribution in [3.05, 3.63) is 36.2 Å². The molecule has 0 unspecified atom stereocenters. The van der Waals surface area contributed by atoms with Crippen LogP contribution in [0.2, 0.25) is 0 Å². The molecule has 72 valence electrons. The number of nitrogens with zero attached hydrogens (tertiary/aromatic N) is 2. The van der Waals surface area contributed by atoms with E-state index in [1.165, 1.54) is 0 Å². The molecule has 0 spiro atoms. The average molecular weight is 187 g/mol. The number of aryl methyl sites for hydroxylation is 1. The summed E-state index contributed by atoms with van der Waals surface area (Å²) in [6, 6.07) is 8.03. The highest BCUT2D eigenvalue weighted by Gasteiger charge is 1.97. The lowest BCUT2D eigenvalue weighted by atomic mass is 10.2. The van der Waals surface area contributed by atoms with Crippen LogP contribution in [-0.2, 0) is 6.42 Å². The second-order valence-corrected chi connectivity index (χ2v) is 3.24.